The largest absolute Gasteiger partial charge is 0.511 e. The second-order valence-corrected chi connectivity index (χ2v) is 9.42. The topological polar surface area (TPSA) is 74.7 Å². The highest BCUT2D eigenvalue weighted by Gasteiger charge is 2.54. The lowest BCUT2D eigenvalue weighted by molar-refractivity contribution is -0.128. The number of carbonyl (C=O) groups excluding carboxylic acids is 1. The van der Waals surface area contributed by atoms with E-state index < -0.39 is 45.9 Å². The average Bonchev–Trinajstić information content (AvgIpc) is 2.77. The van der Waals surface area contributed by atoms with Crippen LogP contribution in [0.15, 0.2) is 72.8 Å². The first kappa shape index (κ1) is 23.9. The summed E-state index contributed by atoms with van der Waals surface area (Å²) in [5.74, 6) is -2.08. The Morgan fingerprint density at radius 3 is 2.06 bits per heavy atom. The number of benzene rings is 2. The van der Waals surface area contributed by atoms with Crippen LogP contribution in [0.4, 0.5) is 13.2 Å². The van der Waals surface area contributed by atoms with E-state index in [1.165, 1.54) is 12.2 Å². The number of allylic oxidation sites excluding steroid dienone is 1. The molecule has 0 unspecified atom stereocenters. The normalized spacial score (nSPS) is 23.1. The molecular weight excluding hydrogens is 443 g/mol. The van der Waals surface area contributed by atoms with Crippen molar-refractivity contribution in [3.05, 3.63) is 83.9 Å². The van der Waals surface area contributed by atoms with E-state index in [9.17, 15) is 31.5 Å². The minimum atomic E-state index is -5.63. The van der Waals surface area contributed by atoms with Gasteiger partial charge in [-0.15, -0.1) is 0 Å². The summed E-state index contributed by atoms with van der Waals surface area (Å²) in [7, 11) is -5.63. The summed E-state index contributed by atoms with van der Waals surface area (Å²) in [5, 5.41) is 11.2. The van der Waals surface area contributed by atoms with Crippen LogP contribution in [0.5, 0.6) is 0 Å². The van der Waals surface area contributed by atoms with Crippen molar-refractivity contribution in [2.45, 2.75) is 17.5 Å². The summed E-state index contributed by atoms with van der Waals surface area (Å²) in [4.78, 5) is 12.9. The molecule has 3 rings (SSSR count). The number of carbonyl (C=O) groups is 1. The Morgan fingerprint density at radius 2 is 1.53 bits per heavy atom. The summed E-state index contributed by atoms with van der Waals surface area (Å²) < 4.78 is 63.3. The molecule has 2 atom stereocenters. The molecule has 0 aliphatic carbocycles. The summed E-state index contributed by atoms with van der Waals surface area (Å²) in [6.45, 7) is -1.35. The van der Waals surface area contributed by atoms with Crippen molar-refractivity contribution in [1.29, 1.82) is 0 Å². The summed E-state index contributed by atoms with van der Waals surface area (Å²) in [5.41, 5.74) is -5.90. The van der Waals surface area contributed by atoms with Gasteiger partial charge in [-0.25, -0.2) is 8.42 Å². The third kappa shape index (κ3) is 5.35. The molecule has 1 aliphatic heterocycles. The van der Waals surface area contributed by atoms with E-state index in [2.05, 4.69) is 0 Å². The minimum absolute atomic E-state index is 0.219. The van der Waals surface area contributed by atoms with Crippen LogP contribution in [0.25, 0.3) is 12.2 Å². The lowest BCUT2D eigenvalue weighted by atomic mass is 9.78. The molecule has 2 aromatic rings. The third-order valence-electron chi connectivity index (χ3n) is 5.33. The van der Waals surface area contributed by atoms with E-state index in [1.807, 2.05) is 0 Å². The zero-order valence-corrected chi connectivity index (χ0v) is 17.8. The molecule has 0 saturated carbocycles. The minimum Gasteiger partial charge on any atom is -0.385 e. The standard InChI is InChI=1S/C23H22F3NO4S/c24-23(25,26)32(30,31)27-16-15-22(29,14-13-19-9-5-2-6-10-19)20(17-27)21(28)12-11-18-7-3-1-4-8-18/h1-14,20,29H,15-17H2/b12-11+,14-13+/t20-,22-/m0/s1. The number of ketones is 1. The van der Waals surface area contributed by atoms with Gasteiger partial charge in [0, 0.05) is 13.1 Å². The molecule has 1 heterocycles. The number of sulfonamides is 1. The van der Waals surface area contributed by atoms with Gasteiger partial charge in [-0.2, -0.15) is 17.5 Å². The molecule has 5 nitrogen and oxygen atoms in total. The van der Waals surface area contributed by atoms with Gasteiger partial charge < -0.3 is 5.11 Å². The molecule has 0 aromatic heterocycles. The quantitative estimate of drug-likeness (QED) is 0.657. The first-order chi connectivity index (χ1) is 15.0. The van der Waals surface area contributed by atoms with Crippen molar-refractivity contribution in [2.75, 3.05) is 13.1 Å². The van der Waals surface area contributed by atoms with Crippen LogP contribution in [-0.2, 0) is 14.8 Å². The fourth-order valence-electron chi connectivity index (χ4n) is 3.49. The van der Waals surface area contributed by atoms with Crippen LogP contribution in [0.3, 0.4) is 0 Å². The van der Waals surface area contributed by atoms with Crippen molar-refractivity contribution in [3.63, 3.8) is 0 Å². The van der Waals surface area contributed by atoms with Gasteiger partial charge in [0.15, 0.2) is 5.78 Å². The smallest absolute Gasteiger partial charge is 0.385 e. The first-order valence-corrected chi connectivity index (χ1v) is 11.3. The predicted octanol–water partition coefficient (Wildman–Crippen LogP) is 3.88. The molecular formula is C23H22F3NO4S. The second kappa shape index (κ2) is 9.40. The number of hydrogen-bond donors (Lipinski definition) is 1. The third-order valence-corrected chi connectivity index (χ3v) is 6.93. The Labute approximate surface area is 184 Å². The molecule has 2 aromatic carbocycles. The molecule has 0 bridgehead atoms. The zero-order chi connectivity index (χ0) is 23.4. The van der Waals surface area contributed by atoms with Crippen molar-refractivity contribution in [1.82, 2.24) is 4.31 Å². The fourth-order valence-corrected chi connectivity index (χ4v) is 4.46. The lowest BCUT2D eigenvalue weighted by Crippen LogP contribution is -2.56. The van der Waals surface area contributed by atoms with Gasteiger partial charge >= 0.3 is 15.5 Å². The van der Waals surface area contributed by atoms with Crippen LogP contribution >= 0.6 is 0 Å². The molecule has 0 amide bonds. The summed E-state index contributed by atoms with van der Waals surface area (Å²) >= 11 is 0. The molecule has 1 fully saturated rings. The van der Waals surface area contributed by atoms with Crippen molar-refractivity contribution < 1.29 is 31.5 Å². The molecule has 170 valence electrons. The SMILES string of the molecule is O=C(/C=C/c1ccccc1)[C@@H]1CN(S(=O)(=O)C(F)(F)F)CC[C@@]1(O)/C=C/c1ccccc1. The fraction of sp³-hybridized carbons (Fsp3) is 0.261. The van der Waals surface area contributed by atoms with Crippen molar-refractivity contribution in [2.24, 2.45) is 5.92 Å². The van der Waals surface area contributed by atoms with Gasteiger partial charge in [-0.05, 0) is 23.6 Å². The van der Waals surface area contributed by atoms with E-state index in [0.29, 0.717) is 5.56 Å². The monoisotopic (exact) mass is 465 g/mol. The Morgan fingerprint density at radius 1 is 1.00 bits per heavy atom. The number of halogens is 3. The number of alkyl halides is 3. The van der Waals surface area contributed by atoms with Crippen LogP contribution < -0.4 is 0 Å². The molecule has 1 aliphatic rings. The van der Waals surface area contributed by atoms with Crippen LogP contribution in [0.1, 0.15) is 17.5 Å². The van der Waals surface area contributed by atoms with Crippen LogP contribution in [0.2, 0.25) is 0 Å². The Kier molecular flexibility index (Phi) is 7.02. The number of aliphatic hydroxyl groups is 1. The number of piperidine rings is 1. The van der Waals surface area contributed by atoms with Gasteiger partial charge in [0.25, 0.3) is 0 Å². The van der Waals surface area contributed by atoms with Gasteiger partial charge in [0.05, 0.1) is 11.5 Å². The maximum atomic E-state index is 13.1. The molecule has 1 saturated heterocycles. The van der Waals surface area contributed by atoms with Crippen LogP contribution in [0, 0.1) is 5.92 Å². The zero-order valence-electron chi connectivity index (χ0n) is 16.9. The maximum absolute atomic E-state index is 13.1. The highest BCUT2D eigenvalue weighted by atomic mass is 32.2. The van der Waals surface area contributed by atoms with Gasteiger partial charge in [0.2, 0.25) is 0 Å². The number of nitrogens with zero attached hydrogens (tertiary/aromatic N) is 1. The van der Waals surface area contributed by atoms with Crippen LogP contribution in [-0.4, -0.2) is 47.8 Å². The van der Waals surface area contributed by atoms with Crippen molar-refractivity contribution in [3.8, 4) is 0 Å². The summed E-state index contributed by atoms with van der Waals surface area (Å²) in [6, 6.07) is 17.6. The Balaban J connectivity index is 1.92. The molecule has 1 N–H and O–H groups in total. The van der Waals surface area contributed by atoms with E-state index in [1.54, 1.807) is 66.7 Å². The number of rotatable bonds is 6. The van der Waals surface area contributed by atoms with Gasteiger partial charge in [-0.1, -0.05) is 78.9 Å². The molecule has 0 radical (unpaired) electrons. The molecule has 0 spiro atoms. The Bertz CT molecular complexity index is 1100. The summed E-state index contributed by atoms with van der Waals surface area (Å²) in [6.07, 6.45) is 5.20. The van der Waals surface area contributed by atoms with E-state index in [-0.39, 0.29) is 10.7 Å². The van der Waals surface area contributed by atoms with E-state index in [0.717, 1.165) is 11.6 Å². The maximum Gasteiger partial charge on any atom is 0.511 e. The predicted molar refractivity (Wildman–Crippen MR) is 116 cm³/mol. The van der Waals surface area contributed by atoms with E-state index in [4.69, 9.17) is 0 Å². The second-order valence-electron chi connectivity index (χ2n) is 7.49. The highest BCUT2D eigenvalue weighted by Crippen LogP contribution is 2.36. The number of hydrogen-bond acceptors (Lipinski definition) is 4. The lowest BCUT2D eigenvalue weighted by Gasteiger charge is -2.41. The molecule has 32 heavy (non-hydrogen) atoms. The highest BCUT2D eigenvalue weighted by molar-refractivity contribution is 7.90. The van der Waals surface area contributed by atoms with E-state index >= 15 is 0 Å². The average molecular weight is 465 g/mol. The van der Waals surface area contributed by atoms with Gasteiger partial charge in [0.1, 0.15) is 0 Å². The van der Waals surface area contributed by atoms with Gasteiger partial charge in [-0.3, -0.25) is 4.79 Å². The molecule has 9 heteroatoms. The Hall–Kier alpha value is -2.75. The van der Waals surface area contributed by atoms with Crippen molar-refractivity contribution >= 4 is 28.0 Å². The first-order valence-electron chi connectivity index (χ1n) is 9.83.